The molecule has 1 spiro atoms. The van der Waals surface area contributed by atoms with Gasteiger partial charge >= 0.3 is 6.03 Å². The number of rotatable bonds is 4. The summed E-state index contributed by atoms with van der Waals surface area (Å²) in [6.45, 7) is 5.57. The molecule has 4 amide bonds. The van der Waals surface area contributed by atoms with Crippen LogP contribution in [0.25, 0.3) is 10.6 Å². The lowest BCUT2D eigenvalue weighted by molar-refractivity contribution is -0.136. The molecule has 1 aliphatic carbocycles. The van der Waals surface area contributed by atoms with Crippen molar-refractivity contribution < 1.29 is 14.4 Å². The van der Waals surface area contributed by atoms with Crippen LogP contribution in [-0.2, 0) is 9.59 Å². The van der Waals surface area contributed by atoms with Gasteiger partial charge in [0.25, 0.3) is 5.91 Å². The number of thiophene rings is 1. The van der Waals surface area contributed by atoms with Crippen LogP contribution >= 0.6 is 22.7 Å². The molecule has 1 saturated carbocycles. The van der Waals surface area contributed by atoms with E-state index >= 15 is 0 Å². The topological polar surface area (TPSA) is 91.4 Å². The second-order valence-electron chi connectivity index (χ2n) is 7.39. The van der Waals surface area contributed by atoms with Crippen molar-refractivity contribution in [3.8, 4) is 10.6 Å². The first-order chi connectivity index (χ1) is 13.3. The Kier molecular flexibility index (Phi) is 4.75. The minimum Gasteiger partial charge on any atom is -0.323 e. The molecule has 1 unspecified atom stereocenters. The molecule has 2 aromatic rings. The summed E-state index contributed by atoms with van der Waals surface area (Å²) in [5, 5.41) is 6.06. The van der Waals surface area contributed by atoms with E-state index in [0.717, 1.165) is 33.2 Å². The van der Waals surface area contributed by atoms with E-state index in [9.17, 15) is 14.4 Å². The molecule has 1 atom stereocenters. The van der Waals surface area contributed by atoms with Crippen LogP contribution in [0.5, 0.6) is 0 Å². The Labute approximate surface area is 171 Å². The number of nitrogens with one attached hydrogen (secondary N) is 2. The Balaban J connectivity index is 1.49. The van der Waals surface area contributed by atoms with Gasteiger partial charge in [0, 0.05) is 9.75 Å². The summed E-state index contributed by atoms with van der Waals surface area (Å²) in [7, 11) is 0. The number of thiazole rings is 1. The van der Waals surface area contributed by atoms with Gasteiger partial charge in [-0.25, -0.2) is 14.7 Å². The van der Waals surface area contributed by atoms with Gasteiger partial charge in [-0.15, -0.1) is 22.7 Å². The summed E-state index contributed by atoms with van der Waals surface area (Å²) in [6, 6.07) is 2.67. The van der Waals surface area contributed by atoms with Crippen LogP contribution < -0.4 is 10.6 Å². The second-order valence-corrected chi connectivity index (χ2v) is 9.88. The Hall–Kier alpha value is -2.26. The molecule has 2 N–H and O–H groups in total. The zero-order chi connectivity index (χ0) is 20.1. The molecule has 0 radical (unpaired) electrons. The summed E-state index contributed by atoms with van der Waals surface area (Å²) < 4.78 is 0. The molecule has 1 saturated heterocycles. The highest BCUT2D eigenvalue weighted by atomic mass is 32.1. The Bertz CT molecular complexity index is 958. The van der Waals surface area contributed by atoms with E-state index in [4.69, 9.17) is 0 Å². The largest absolute Gasteiger partial charge is 0.325 e. The lowest BCUT2D eigenvalue weighted by atomic mass is 9.97. The average Bonchev–Trinajstić information content (AvgIpc) is 3.39. The van der Waals surface area contributed by atoms with Crippen LogP contribution in [-0.4, -0.2) is 39.3 Å². The molecule has 1 aliphatic heterocycles. The van der Waals surface area contributed by atoms with Crippen LogP contribution in [0.4, 0.5) is 9.93 Å². The number of aromatic nitrogens is 1. The second kappa shape index (κ2) is 6.97. The maximum Gasteiger partial charge on any atom is 0.325 e. The Morgan fingerprint density at radius 3 is 2.61 bits per heavy atom. The van der Waals surface area contributed by atoms with E-state index in [2.05, 4.69) is 15.6 Å². The zero-order valence-corrected chi connectivity index (χ0v) is 17.6. The summed E-state index contributed by atoms with van der Waals surface area (Å²) in [6.07, 6.45) is 3.09. The lowest BCUT2D eigenvalue weighted by Crippen LogP contribution is -2.48. The van der Waals surface area contributed by atoms with Gasteiger partial charge in [-0.05, 0) is 45.7 Å². The molecule has 0 bridgehead atoms. The first kappa shape index (κ1) is 19.1. The van der Waals surface area contributed by atoms with Crippen molar-refractivity contribution in [3.05, 3.63) is 21.9 Å². The van der Waals surface area contributed by atoms with Gasteiger partial charge in [0.15, 0.2) is 5.13 Å². The number of urea groups is 1. The van der Waals surface area contributed by atoms with Gasteiger partial charge in [0.2, 0.25) is 5.91 Å². The summed E-state index contributed by atoms with van der Waals surface area (Å²) in [5.74, 6) is -0.705. The minimum atomic E-state index is -0.899. The van der Waals surface area contributed by atoms with Crippen molar-refractivity contribution in [3.63, 3.8) is 0 Å². The van der Waals surface area contributed by atoms with Crippen molar-refractivity contribution in [1.29, 1.82) is 0 Å². The first-order valence-corrected chi connectivity index (χ1v) is 10.9. The molecule has 2 aromatic heterocycles. The van der Waals surface area contributed by atoms with E-state index in [1.165, 1.54) is 16.2 Å². The third kappa shape index (κ3) is 3.12. The number of carbonyl (C=O) groups excluding carboxylic acids is 3. The van der Waals surface area contributed by atoms with Crippen molar-refractivity contribution in [2.45, 2.75) is 58.0 Å². The van der Waals surface area contributed by atoms with E-state index in [1.807, 2.05) is 26.0 Å². The van der Waals surface area contributed by atoms with Gasteiger partial charge < -0.3 is 10.6 Å². The van der Waals surface area contributed by atoms with Crippen molar-refractivity contribution in [1.82, 2.24) is 15.2 Å². The summed E-state index contributed by atoms with van der Waals surface area (Å²) in [5.41, 5.74) is 0.0408. The number of hydrogen-bond donors (Lipinski definition) is 2. The molecular formula is C19H22N4O3S2. The van der Waals surface area contributed by atoms with E-state index in [-0.39, 0.29) is 5.91 Å². The predicted octanol–water partition coefficient (Wildman–Crippen LogP) is 3.68. The van der Waals surface area contributed by atoms with Crippen LogP contribution in [0, 0.1) is 13.8 Å². The molecule has 2 fully saturated rings. The molecule has 7 nitrogen and oxygen atoms in total. The lowest BCUT2D eigenvalue weighted by Gasteiger charge is -2.23. The van der Waals surface area contributed by atoms with Crippen molar-refractivity contribution in [2.75, 3.05) is 5.32 Å². The molecule has 28 heavy (non-hydrogen) atoms. The third-order valence-electron chi connectivity index (χ3n) is 5.42. The number of carbonyl (C=O) groups is 3. The van der Waals surface area contributed by atoms with Crippen LogP contribution in [0.2, 0.25) is 0 Å². The van der Waals surface area contributed by atoms with Gasteiger partial charge in [-0.2, -0.15) is 0 Å². The monoisotopic (exact) mass is 418 g/mol. The van der Waals surface area contributed by atoms with Gasteiger partial charge in [-0.1, -0.05) is 12.8 Å². The quantitative estimate of drug-likeness (QED) is 0.741. The highest BCUT2D eigenvalue weighted by Gasteiger charge is 2.54. The fraction of sp³-hybridized carbons (Fsp3) is 0.474. The van der Waals surface area contributed by atoms with Gasteiger partial charge in [0.05, 0.1) is 10.6 Å². The standard InChI is InChI=1S/C19H22N4O3S2/c1-10-6-7-13(27-10)14-12(3)28-17(20-14)21-15(24)11(2)23-16(25)19(22-18(23)26)8-4-5-9-19/h6-7,11H,4-5,8-9H2,1-3H3,(H,22,26)(H,20,21,24). The molecular weight excluding hydrogens is 396 g/mol. The minimum absolute atomic E-state index is 0.289. The number of hydrogen-bond acceptors (Lipinski definition) is 6. The average molecular weight is 419 g/mol. The molecule has 4 rings (SSSR count). The SMILES string of the molecule is Cc1ccc(-c2nc(NC(=O)C(C)N3C(=O)NC4(CCCC4)C3=O)sc2C)s1. The van der Waals surface area contributed by atoms with Crippen LogP contribution in [0.1, 0.15) is 42.4 Å². The molecule has 2 aliphatic rings. The maximum atomic E-state index is 12.8. The number of nitrogens with zero attached hydrogens (tertiary/aromatic N) is 2. The molecule has 9 heteroatoms. The molecule has 0 aromatic carbocycles. The fourth-order valence-electron chi connectivity index (χ4n) is 3.88. The smallest absolute Gasteiger partial charge is 0.323 e. The van der Waals surface area contributed by atoms with E-state index in [0.29, 0.717) is 18.0 Å². The van der Waals surface area contributed by atoms with E-state index < -0.39 is 23.5 Å². The number of aryl methyl sites for hydroxylation is 2. The van der Waals surface area contributed by atoms with Crippen molar-refractivity contribution >= 4 is 45.7 Å². The fourth-order valence-corrected chi connectivity index (χ4v) is 5.69. The normalized spacial score (nSPS) is 19.3. The Morgan fingerprint density at radius 2 is 1.96 bits per heavy atom. The molecule has 148 valence electrons. The van der Waals surface area contributed by atoms with Crippen LogP contribution in [0.15, 0.2) is 12.1 Å². The van der Waals surface area contributed by atoms with Gasteiger partial charge in [0.1, 0.15) is 11.6 Å². The number of anilines is 1. The maximum absolute atomic E-state index is 12.8. The summed E-state index contributed by atoms with van der Waals surface area (Å²) >= 11 is 3.04. The predicted molar refractivity (Wildman–Crippen MR) is 110 cm³/mol. The summed E-state index contributed by atoms with van der Waals surface area (Å²) in [4.78, 5) is 46.8. The number of imide groups is 1. The highest BCUT2D eigenvalue weighted by molar-refractivity contribution is 7.18. The first-order valence-electron chi connectivity index (χ1n) is 9.32. The highest BCUT2D eigenvalue weighted by Crippen LogP contribution is 2.37. The van der Waals surface area contributed by atoms with Gasteiger partial charge in [-0.3, -0.25) is 9.59 Å². The van der Waals surface area contributed by atoms with Crippen molar-refractivity contribution in [2.24, 2.45) is 0 Å². The van der Waals surface area contributed by atoms with Crippen LogP contribution in [0.3, 0.4) is 0 Å². The van der Waals surface area contributed by atoms with E-state index in [1.54, 1.807) is 18.3 Å². The third-order valence-corrected chi connectivity index (χ3v) is 7.31. The Morgan fingerprint density at radius 1 is 1.25 bits per heavy atom. The zero-order valence-electron chi connectivity index (χ0n) is 16.0. The number of amides is 4. The molecule has 3 heterocycles.